The minimum Gasteiger partial charge on any atom is -0.118 e. The maximum atomic E-state index is 3.48. The van der Waals surface area contributed by atoms with E-state index in [1.54, 1.807) is 0 Å². The Labute approximate surface area is 73.9 Å². The van der Waals surface area contributed by atoms with E-state index in [2.05, 4.69) is 39.0 Å². The number of rotatable bonds is 0. The molecule has 0 nitrogen and oxygen atoms in total. The van der Waals surface area contributed by atoms with Gasteiger partial charge in [-0.05, 0) is 22.6 Å². The molecule has 0 aliphatic carbocycles. The summed E-state index contributed by atoms with van der Waals surface area (Å²) in [6, 6.07) is 0. The number of hydrogen-bond donors (Lipinski definition) is 0. The first-order valence-corrected chi connectivity index (χ1v) is 6.31. The van der Waals surface area contributed by atoms with Gasteiger partial charge in [0.05, 0.1) is 0 Å². The molecule has 0 unspecified atom stereocenters. The number of allylic oxidation sites excluding steroid dienone is 4. The van der Waals surface area contributed by atoms with E-state index in [4.69, 9.17) is 0 Å². The molecule has 0 saturated heterocycles. The normalized spacial score (nSPS) is 19.3. The summed E-state index contributed by atoms with van der Waals surface area (Å²) < 4.78 is 4.84. The van der Waals surface area contributed by atoms with Crippen LogP contribution in [0.25, 0.3) is 0 Å². The van der Waals surface area contributed by atoms with E-state index in [9.17, 15) is 0 Å². The minimum absolute atomic E-state index is 0.325. The predicted octanol–water partition coefficient (Wildman–Crippen LogP) is 3.00. The van der Waals surface area contributed by atoms with Crippen LogP contribution in [-0.4, -0.2) is 8.44 Å². The maximum Gasteiger partial charge on any atom is 0.0205 e. The van der Waals surface area contributed by atoms with E-state index in [-0.39, 0.29) is 0 Å². The van der Waals surface area contributed by atoms with Gasteiger partial charge in [-0.15, -0.1) is 20.7 Å². The zero-order valence-electron chi connectivity index (χ0n) is 5.20. The summed E-state index contributed by atoms with van der Waals surface area (Å²) in [5.74, 6) is 0. The predicted molar refractivity (Wildman–Crippen MR) is 55.7 cm³/mol. The zero-order valence-corrected chi connectivity index (χ0v) is 8.94. The Bertz CT molecular complexity index is 189. The third kappa shape index (κ3) is 2.34. The lowest BCUT2D eigenvalue weighted by molar-refractivity contribution is 1.49. The van der Waals surface area contributed by atoms with Crippen LogP contribution in [0.4, 0.5) is 0 Å². The van der Waals surface area contributed by atoms with E-state index in [0.717, 1.165) is 0 Å². The topological polar surface area (TPSA) is 0 Å². The average molecular weight is 299 g/mol. The fourth-order valence-electron chi connectivity index (χ4n) is 0.541. The fraction of sp³-hybridized carbons (Fsp3) is 0.286. The number of hydrogen-bond acceptors (Lipinski definition) is 0. The minimum atomic E-state index is 0.325. The molecule has 50 valence electrons. The summed E-state index contributed by atoms with van der Waals surface area (Å²) in [6.07, 6.45) is 4.48. The molecule has 0 spiro atoms. The molecule has 0 N–H and O–H groups in total. The van der Waals surface area contributed by atoms with Crippen molar-refractivity contribution in [2.75, 3.05) is 4.43 Å². The molecule has 1 aliphatic rings. The van der Waals surface area contributed by atoms with Crippen molar-refractivity contribution in [1.29, 1.82) is 0 Å². The third-order valence-corrected chi connectivity index (χ3v) is 3.85. The van der Waals surface area contributed by atoms with Crippen LogP contribution in [0.5, 0.6) is 0 Å². The summed E-state index contributed by atoms with van der Waals surface area (Å²) in [6.45, 7) is 2.14. The molecule has 1 aliphatic heterocycles. The first-order valence-electron chi connectivity index (χ1n) is 2.74. The van der Waals surface area contributed by atoms with Gasteiger partial charge in [-0.1, -0.05) is 22.0 Å². The van der Waals surface area contributed by atoms with Crippen molar-refractivity contribution in [3.63, 3.8) is 0 Å². The highest BCUT2D eigenvalue weighted by atomic mass is 127. The molecule has 0 radical (unpaired) electrons. The van der Waals surface area contributed by atoms with E-state index >= 15 is 0 Å². The molecule has 0 aromatic carbocycles. The third-order valence-electron chi connectivity index (χ3n) is 1.15. The van der Waals surface area contributed by atoms with Gasteiger partial charge in [0, 0.05) is 8.91 Å². The molecule has 1 heterocycles. The molecule has 0 aromatic rings. The van der Waals surface area contributed by atoms with Crippen molar-refractivity contribution in [2.24, 2.45) is 0 Å². The van der Waals surface area contributed by atoms with Crippen LogP contribution in [0.1, 0.15) is 6.92 Å². The van der Waals surface area contributed by atoms with Gasteiger partial charge in [-0.25, -0.2) is 0 Å². The van der Waals surface area contributed by atoms with Crippen LogP contribution < -0.4 is 0 Å². The molecule has 0 saturated carbocycles. The van der Waals surface area contributed by atoms with Gasteiger partial charge in [0.1, 0.15) is 0 Å². The molecule has 0 atom stereocenters. The number of halogens is 2. The van der Waals surface area contributed by atoms with Gasteiger partial charge in [-0.2, -0.15) is 0 Å². The first-order chi connectivity index (χ1) is 4.30. The monoisotopic (exact) mass is 298 g/mol. The second-order valence-corrected chi connectivity index (χ2v) is 5.17. The van der Waals surface area contributed by atoms with E-state index in [1.165, 1.54) is 14.5 Å². The highest BCUT2D eigenvalue weighted by molar-refractivity contribution is 14.2. The van der Waals surface area contributed by atoms with E-state index in [1.807, 2.05) is 0 Å². The lowest BCUT2D eigenvalue weighted by Crippen LogP contribution is -1.73. The SMILES string of the molecule is CC1=CCI=CC=C1Br. The highest BCUT2D eigenvalue weighted by Crippen LogP contribution is 2.19. The lowest BCUT2D eigenvalue weighted by atomic mass is 10.3. The smallest absolute Gasteiger partial charge is 0.0205 e. The van der Waals surface area contributed by atoms with E-state index < -0.39 is 0 Å². The molecule has 0 aromatic heterocycles. The highest BCUT2D eigenvalue weighted by Gasteiger charge is 1.93. The summed E-state index contributed by atoms with van der Waals surface area (Å²) in [7, 11) is 0. The maximum absolute atomic E-state index is 3.48. The Hall–Kier alpha value is 0.560. The number of alkyl halides is 1. The second kappa shape index (κ2) is 3.66. The van der Waals surface area contributed by atoms with E-state index in [0.29, 0.717) is 20.7 Å². The Morgan fingerprint density at radius 2 is 2.44 bits per heavy atom. The summed E-state index contributed by atoms with van der Waals surface area (Å²) >= 11 is 3.81. The lowest BCUT2D eigenvalue weighted by Gasteiger charge is -1.92. The van der Waals surface area contributed by atoms with Crippen molar-refractivity contribution >= 4 is 40.7 Å². The van der Waals surface area contributed by atoms with Crippen LogP contribution in [-0.2, 0) is 0 Å². The average Bonchev–Trinajstić information content (AvgIpc) is 1.99. The molecular formula is C7H8BrI. The van der Waals surface area contributed by atoms with Gasteiger partial charge in [-0.3, -0.25) is 0 Å². The van der Waals surface area contributed by atoms with Crippen LogP contribution in [0.3, 0.4) is 0 Å². The summed E-state index contributed by atoms with van der Waals surface area (Å²) in [4.78, 5) is 0. The van der Waals surface area contributed by atoms with Crippen molar-refractivity contribution in [2.45, 2.75) is 6.92 Å². The van der Waals surface area contributed by atoms with Crippen molar-refractivity contribution in [3.8, 4) is 0 Å². The molecule has 2 heteroatoms. The molecule has 1 rings (SSSR count). The summed E-state index contributed by atoms with van der Waals surface area (Å²) in [5.41, 5.74) is 1.38. The molecule has 0 amide bonds. The molecular weight excluding hydrogens is 291 g/mol. The van der Waals surface area contributed by atoms with Crippen LogP contribution in [0.15, 0.2) is 22.2 Å². The van der Waals surface area contributed by atoms with Crippen molar-refractivity contribution in [3.05, 3.63) is 22.2 Å². The largest absolute Gasteiger partial charge is 0.118 e. The van der Waals surface area contributed by atoms with Gasteiger partial charge in [0.2, 0.25) is 0 Å². The van der Waals surface area contributed by atoms with Gasteiger partial charge >= 0.3 is 0 Å². The first kappa shape index (κ1) is 7.66. The van der Waals surface area contributed by atoms with Crippen LogP contribution >= 0.6 is 36.7 Å². The van der Waals surface area contributed by atoms with Crippen molar-refractivity contribution < 1.29 is 0 Å². The molecule has 9 heavy (non-hydrogen) atoms. The molecule has 0 bridgehead atoms. The van der Waals surface area contributed by atoms with Crippen molar-refractivity contribution in [1.82, 2.24) is 0 Å². The Morgan fingerprint density at radius 3 is 3.22 bits per heavy atom. The fourth-order valence-corrected chi connectivity index (χ4v) is 3.15. The van der Waals surface area contributed by atoms with Crippen LogP contribution in [0, 0.1) is 0 Å². The molecule has 0 fully saturated rings. The van der Waals surface area contributed by atoms with Crippen LogP contribution in [0.2, 0.25) is 0 Å². The quantitative estimate of drug-likeness (QED) is 0.476. The summed E-state index contributed by atoms with van der Waals surface area (Å²) in [5, 5.41) is 0. The zero-order chi connectivity index (χ0) is 6.69. The van der Waals surface area contributed by atoms with Gasteiger partial charge in [0.25, 0.3) is 0 Å². The standard InChI is InChI=1S/C7H8BrI/c1-6-2-4-9-5-3-7(6)8/h2-3,5H,4H2,1H3. The van der Waals surface area contributed by atoms with Gasteiger partial charge in [0.15, 0.2) is 0 Å². The Morgan fingerprint density at radius 1 is 1.67 bits per heavy atom. The Kier molecular flexibility index (Phi) is 3.12. The van der Waals surface area contributed by atoms with Gasteiger partial charge < -0.3 is 0 Å². The second-order valence-electron chi connectivity index (χ2n) is 1.84. The Balaban J connectivity index is 2.85.